The molecule has 0 radical (unpaired) electrons. The Kier molecular flexibility index (Phi) is 3.41. The fourth-order valence-electron chi connectivity index (χ4n) is 2.65. The minimum Gasteiger partial charge on any atom is -0.352 e. The molecule has 0 amide bonds. The molecule has 2 heteroatoms. The number of benzene rings is 2. The molecule has 1 aliphatic heterocycles. The number of rotatable bonds is 4. The van der Waals surface area contributed by atoms with Gasteiger partial charge in [-0.2, -0.15) is 0 Å². The third-order valence-corrected chi connectivity index (χ3v) is 3.67. The second-order valence-corrected chi connectivity index (χ2v) is 5.01. The second-order valence-electron chi connectivity index (χ2n) is 5.01. The molecule has 0 atom stereocenters. The second kappa shape index (κ2) is 5.35. The van der Waals surface area contributed by atoms with Gasteiger partial charge in [0.15, 0.2) is 0 Å². The Morgan fingerprint density at radius 1 is 0.895 bits per heavy atom. The fourth-order valence-corrected chi connectivity index (χ4v) is 2.65. The van der Waals surface area contributed by atoms with Crippen molar-refractivity contribution in [3.63, 3.8) is 0 Å². The van der Waals surface area contributed by atoms with E-state index in [1.54, 1.807) is 0 Å². The predicted octanol–water partition coefficient (Wildman–Crippen LogP) is 4.40. The lowest BCUT2D eigenvalue weighted by Gasteiger charge is -2.21. The van der Waals surface area contributed by atoms with Crippen LogP contribution in [0.15, 0.2) is 54.6 Å². The SMILES string of the molecule is CCCCN1CN(c2ccccc2)c2ccccc21. The summed E-state index contributed by atoms with van der Waals surface area (Å²) in [6.45, 7) is 4.34. The van der Waals surface area contributed by atoms with Gasteiger partial charge in [0, 0.05) is 12.2 Å². The highest BCUT2D eigenvalue weighted by atomic mass is 15.4. The van der Waals surface area contributed by atoms with E-state index in [1.165, 1.54) is 29.9 Å². The first-order valence-corrected chi connectivity index (χ1v) is 7.06. The molecule has 0 unspecified atom stereocenters. The Labute approximate surface area is 115 Å². The van der Waals surface area contributed by atoms with Crippen LogP contribution in [0, 0.1) is 0 Å². The lowest BCUT2D eigenvalue weighted by molar-refractivity contribution is 0.736. The third kappa shape index (κ3) is 2.30. The van der Waals surface area contributed by atoms with Crippen molar-refractivity contribution in [3.05, 3.63) is 54.6 Å². The molecule has 0 bridgehead atoms. The molecule has 2 aromatic carbocycles. The molecule has 0 saturated heterocycles. The van der Waals surface area contributed by atoms with Crippen LogP contribution in [0.1, 0.15) is 19.8 Å². The highest BCUT2D eigenvalue weighted by Gasteiger charge is 2.25. The number of hydrogen-bond acceptors (Lipinski definition) is 2. The van der Waals surface area contributed by atoms with Gasteiger partial charge in [-0.15, -0.1) is 0 Å². The summed E-state index contributed by atoms with van der Waals surface area (Å²) in [5.41, 5.74) is 3.96. The standard InChI is InChI=1S/C17H20N2/c1-2-3-13-18-14-19(15-9-5-4-6-10-15)17-12-8-7-11-16(17)18/h4-12H,2-3,13-14H2,1H3. The van der Waals surface area contributed by atoms with E-state index < -0.39 is 0 Å². The zero-order chi connectivity index (χ0) is 13.1. The van der Waals surface area contributed by atoms with Gasteiger partial charge >= 0.3 is 0 Å². The molecule has 98 valence electrons. The van der Waals surface area contributed by atoms with Gasteiger partial charge in [-0.1, -0.05) is 43.7 Å². The van der Waals surface area contributed by atoms with Gasteiger partial charge in [0.2, 0.25) is 0 Å². The highest BCUT2D eigenvalue weighted by Crippen LogP contribution is 2.40. The van der Waals surface area contributed by atoms with E-state index in [9.17, 15) is 0 Å². The molecule has 1 aliphatic rings. The average molecular weight is 252 g/mol. The number of nitrogens with zero attached hydrogens (tertiary/aromatic N) is 2. The predicted molar refractivity (Wildman–Crippen MR) is 82.1 cm³/mol. The molecular formula is C17H20N2. The van der Waals surface area contributed by atoms with E-state index in [-0.39, 0.29) is 0 Å². The number of fused-ring (bicyclic) bond motifs is 1. The van der Waals surface area contributed by atoms with Crippen molar-refractivity contribution in [3.8, 4) is 0 Å². The van der Waals surface area contributed by atoms with Gasteiger partial charge in [0.1, 0.15) is 0 Å². The number of anilines is 3. The fraction of sp³-hybridized carbons (Fsp3) is 0.294. The number of hydrogen-bond donors (Lipinski definition) is 0. The van der Waals surface area contributed by atoms with E-state index in [4.69, 9.17) is 0 Å². The summed E-state index contributed by atoms with van der Waals surface area (Å²) in [7, 11) is 0. The molecule has 0 saturated carbocycles. The third-order valence-electron chi connectivity index (χ3n) is 3.67. The molecule has 0 spiro atoms. The molecule has 19 heavy (non-hydrogen) atoms. The summed E-state index contributed by atoms with van der Waals surface area (Å²) >= 11 is 0. The average Bonchev–Trinajstić information content (AvgIpc) is 2.85. The Morgan fingerprint density at radius 3 is 2.32 bits per heavy atom. The van der Waals surface area contributed by atoms with E-state index >= 15 is 0 Å². The van der Waals surface area contributed by atoms with Gasteiger partial charge < -0.3 is 9.80 Å². The first-order chi connectivity index (χ1) is 9.40. The number of unbranched alkanes of at least 4 members (excludes halogenated alkanes) is 1. The van der Waals surface area contributed by atoms with Crippen molar-refractivity contribution >= 4 is 17.1 Å². The maximum Gasteiger partial charge on any atom is 0.0953 e. The van der Waals surface area contributed by atoms with Crippen LogP contribution in [0.4, 0.5) is 17.1 Å². The molecule has 0 N–H and O–H groups in total. The summed E-state index contributed by atoms with van der Waals surface area (Å²) < 4.78 is 0. The van der Waals surface area contributed by atoms with Crippen LogP contribution >= 0.6 is 0 Å². The molecule has 1 heterocycles. The molecule has 2 nitrogen and oxygen atoms in total. The zero-order valence-electron chi connectivity index (χ0n) is 11.4. The van der Waals surface area contributed by atoms with Crippen LogP contribution in [0.25, 0.3) is 0 Å². The van der Waals surface area contributed by atoms with E-state index in [2.05, 4.69) is 71.3 Å². The van der Waals surface area contributed by atoms with Crippen LogP contribution < -0.4 is 9.80 Å². The lowest BCUT2D eigenvalue weighted by Crippen LogP contribution is -2.28. The lowest BCUT2D eigenvalue weighted by atomic mass is 10.2. The largest absolute Gasteiger partial charge is 0.352 e. The monoisotopic (exact) mass is 252 g/mol. The van der Waals surface area contributed by atoms with Crippen molar-refractivity contribution in [2.24, 2.45) is 0 Å². The van der Waals surface area contributed by atoms with Crippen LogP contribution in [-0.2, 0) is 0 Å². The molecule has 3 rings (SSSR count). The van der Waals surface area contributed by atoms with Crippen molar-refractivity contribution in [2.45, 2.75) is 19.8 Å². The molecular weight excluding hydrogens is 232 g/mol. The van der Waals surface area contributed by atoms with Gasteiger partial charge in [-0.05, 0) is 30.7 Å². The van der Waals surface area contributed by atoms with Crippen LogP contribution in [0.2, 0.25) is 0 Å². The van der Waals surface area contributed by atoms with E-state index in [0.29, 0.717) is 0 Å². The molecule has 0 aromatic heterocycles. The van der Waals surface area contributed by atoms with E-state index in [0.717, 1.165) is 13.2 Å². The van der Waals surface area contributed by atoms with Crippen molar-refractivity contribution in [1.29, 1.82) is 0 Å². The number of para-hydroxylation sites is 3. The van der Waals surface area contributed by atoms with Crippen LogP contribution in [0.3, 0.4) is 0 Å². The Morgan fingerprint density at radius 2 is 1.58 bits per heavy atom. The van der Waals surface area contributed by atoms with Crippen molar-refractivity contribution < 1.29 is 0 Å². The maximum atomic E-state index is 2.48. The Bertz CT molecular complexity index is 536. The normalized spacial score (nSPS) is 13.7. The first kappa shape index (κ1) is 12.1. The maximum absolute atomic E-state index is 2.48. The molecule has 0 aliphatic carbocycles. The quantitative estimate of drug-likeness (QED) is 0.795. The summed E-state index contributed by atoms with van der Waals surface area (Å²) in [6.07, 6.45) is 2.49. The van der Waals surface area contributed by atoms with Crippen molar-refractivity contribution in [1.82, 2.24) is 0 Å². The van der Waals surface area contributed by atoms with Gasteiger partial charge in [0.05, 0.1) is 18.0 Å². The highest BCUT2D eigenvalue weighted by molar-refractivity contribution is 5.82. The van der Waals surface area contributed by atoms with Crippen LogP contribution in [0.5, 0.6) is 0 Å². The summed E-state index contributed by atoms with van der Waals surface area (Å²) in [4.78, 5) is 4.87. The summed E-state index contributed by atoms with van der Waals surface area (Å²) in [6, 6.07) is 19.3. The van der Waals surface area contributed by atoms with Gasteiger partial charge in [-0.25, -0.2) is 0 Å². The molecule has 0 fully saturated rings. The van der Waals surface area contributed by atoms with Gasteiger partial charge in [-0.3, -0.25) is 0 Å². The van der Waals surface area contributed by atoms with E-state index in [1.807, 2.05) is 0 Å². The van der Waals surface area contributed by atoms with Crippen molar-refractivity contribution in [2.75, 3.05) is 23.0 Å². The minimum absolute atomic E-state index is 0.962. The minimum atomic E-state index is 0.962. The topological polar surface area (TPSA) is 6.48 Å². The summed E-state index contributed by atoms with van der Waals surface area (Å²) in [5.74, 6) is 0. The Balaban J connectivity index is 1.92. The van der Waals surface area contributed by atoms with Gasteiger partial charge in [0.25, 0.3) is 0 Å². The Hall–Kier alpha value is -1.96. The van der Waals surface area contributed by atoms with Crippen LogP contribution in [-0.4, -0.2) is 13.2 Å². The first-order valence-electron chi connectivity index (χ1n) is 7.06. The summed E-state index contributed by atoms with van der Waals surface area (Å²) in [5, 5.41) is 0. The molecule has 2 aromatic rings. The zero-order valence-corrected chi connectivity index (χ0v) is 11.4. The smallest absolute Gasteiger partial charge is 0.0953 e.